The second-order valence-electron chi connectivity index (χ2n) is 6.83. The number of benzene rings is 2. The van der Waals surface area contributed by atoms with Gasteiger partial charge in [-0.25, -0.2) is 0 Å². The van der Waals surface area contributed by atoms with Gasteiger partial charge in [0.15, 0.2) is 16.6 Å². The number of nitrogens with one attached hydrogen (secondary N) is 1. The maximum atomic E-state index is 12.7. The number of ether oxygens (including phenoxy) is 2. The molecule has 1 fully saturated rings. The molecule has 1 saturated heterocycles. The van der Waals surface area contributed by atoms with Gasteiger partial charge in [-0.3, -0.25) is 19.8 Å². The lowest BCUT2D eigenvalue weighted by Gasteiger charge is -2.27. The van der Waals surface area contributed by atoms with Crippen LogP contribution in [-0.2, 0) is 16.2 Å². The van der Waals surface area contributed by atoms with Gasteiger partial charge in [0.25, 0.3) is 11.8 Å². The Labute approximate surface area is 200 Å². The van der Waals surface area contributed by atoms with E-state index in [1.54, 1.807) is 19.3 Å². The topological polar surface area (TPSA) is 67.9 Å². The average molecular weight is 548 g/mol. The van der Waals surface area contributed by atoms with E-state index >= 15 is 0 Å². The van der Waals surface area contributed by atoms with Gasteiger partial charge in [0.2, 0.25) is 0 Å². The third kappa shape index (κ3) is 5.31. The zero-order valence-electron chi connectivity index (χ0n) is 17.1. The number of thiocarbonyl (C=S) groups is 1. The van der Waals surface area contributed by atoms with Crippen molar-refractivity contribution in [3.05, 3.63) is 74.9 Å². The van der Waals surface area contributed by atoms with E-state index in [1.807, 2.05) is 31.2 Å². The Kier molecular flexibility index (Phi) is 7.45. The Morgan fingerprint density at radius 2 is 2.03 bits per heavy atom. The SMILES string of the molecule is C=CCN1C(=O)/C(=C/c2cc(I)c(OCc3cccc(C)c3)c(OC)c2)C(=O)NC1=S. The van der Waals surface area contributed by atoms with E-state index in [0.29, 0.717) is 23.7 Å². The highest BCUT2D eigenvalue weighted by molar-refractivity contribution is 14.1. The Balaban J connectivity index is 1.89. The molecule has 0 unspecified atom stereocenters. The molecule has 160 valence electrons. The fourth-order valence-corrected chi connectivity index (χ4v) is 4.11. The minimum Gasteiger partial charge on any atom is -0.493 e. The number of rotatable bonds is 7. The predicted molar refractivity (Wildman–Crippen MR) is 132 cm³/mol. The molecular weight excluding hydrogens is 527 g/mol. The summed E-state index contributed by atoms with van der Waals surface area (Å²) in [5, 5.41) is 2.60. The number of halogens is 1. The van der Waals surface area contributed by atoms with E-state index in [0.717, 1.165) is 14.7 Å². The van der Waals surface area contributed by atoms with Gasteiger partial charge in [-0.15, -0.1) is 6.58 Å². The molecule has 0 radical (unpaired) electrons. The highest BCUT2D eigenvalue weighted by atomic mass is 127. The molecule has 6 nitrogen and oxygen atoms in total. The molecule has 2 amide bonds. The number of hydrogen-bond acceptors (Lipinski definition) is 5. The fourth-order valence-electron chi connectivity index (χ4n) is 3.08. The molecule has 1 aliphatic rings. The summed E-state index contributed by atoms with van der Waals surface area (Å²) < 4.78 is 12.3. The van der Waals surface area contributed by atoms with E-state index < -0.39 is 11.8 Å². The third-order valence-corrected chi connectivity index (χ3v) is 5.65. The predicted octanol–water partition coefficient (Wildman–Crippen LogP) is 4.00. The zero-order valence-corrected chi connectivity index (χ0v) is 20.1. The molecular formula is C23H21IN2O4S. The number of carbonyl (C=O) groups is 2. The number of methoxy groups -OCH3 is 1. The lowest BCUT2D eigenvalue weighted by atomic mass is 10.1. The third-order valence-electron chi connectivity index (χ3n) is 4.53. The molecule has 3 rings (SSSR count). The number of aryl methyl sites for hydroxylation is 1. The van der Waals surface area contributed by atoms with Crippen LogP contribution in [-0.4, -0.2) is 35.5 Å². The lowest BCUT2D eigenvalue weighted by molar-refractivity contribution is -0.128. The van der Waals surface area contributed by atoms with Crippen LogP contribution < -0.4 is 14.8 Å². The van der Waals surface area contributed by atoms with Crippen LogP contribution in [0.25, 0.3) is 6.08 Å². The summed E-state index contributed by atoms with van der Waals surface area (Å²) in [6.45, 7) is 6.25. The minimum absolute atomic E-state index is 0.0123. The second kappa shape index (κ2) is 10.1. The smallest absolute Gasteiger partial charge is 0.265 e. The van der Waals surface area contributed by atoms with Crippen LogP contribution in [0.1, 0.15) is 16.7 Å². The van der Waals surface area contributed by atoms with Crippen LogP contribution in [0.15, 0.2) is 54.6 Å². The quantitative estimate of drug-likeness (QED) is 0.186. The molecule has 1 aliphatic heterocycles. The number of carbonyl (C=O) groups excluding carboxylic acids is 2. The van der Waals surface area contributed by atoms with Crippen molar-refractivity contribution in [3.63, 3.8) is 0 Å². The summed E-state index contributed by atoms with van der Waals surface area (Å²) in [6.07, 6.45) is 3.07. The highest BCUT2D eigenvalue weighted by Gasteiger charge is 2.32. The average Bonchev–Trinajstić information content (AvgIpc) is 2.73. The summed E-state index contributed by atoms with van der Waals surface area (Å²) in [7, 11) is 1.55. The zero-order chi connectivity index (χ0) is 22.5. The molecule has 0 aromatic heterocycles. The van der Waals surface area contributed by atoms with Crippen molar-refractivity contribution in [3.8, 4) is 11.5 Å². The van der Waals surface area contributed by atoms with Crippen molar-refractivity contribution in [2.24, 2.45) is 0 Å². The van der Waals surface area contributed by atoms with Crippen LogP contribution in [0.2, 0.25) is 0 Å². The normalized spacial score (nSPS) is 15.1. The van der Waals surface area contributed by atoms with Crippen molar-refractivity contribution in [2.45, 2.75) is 13.5 Å². The molecule has 2 aromatic rings. The molecule has 2 aromatic carbocycles. The highest BCUT2D eigenvalue weighted by Crippen LogP contribution is 2.35. The van der Waals surface area contributed by atoms with Gasteiger partial charge in [0.1, 0.15) is 12.2 Å². The van der Waals surface area contributed by atoms with Crippen molar-refractivity contribution in [1.82, 2.24) is 10.2 Å². The van der Waals surface area contributed by atoms with Crippen molar-refractivity contribution >= 4 is 57.8 Å². The van der Waals surface area contributed by atoms with Gasteiger partial charge in [-0.05, 0) is 71.1 Å². The summed E-state index contributed by atoms with van der Waals surface area (Å²) in [4.78, 5) is 26.4. The fraction of sp³-hybridized carbons (Fsp3) is 0.174. The van der Waals surface area contributed by atoms with Crippen LogP contribution in [0.3, 0.4) is 0 Å². The number of nitrogens with zero attached hydrogens (tertiary/aromatic N) is 1. The molecule has 1 heterocycles. The van der Waals surface area contributed by atoms with Gasteiger partial charge in [0.05, 0.1) is 10.7 Å². The van der Waals surface area contributed by atoms with Gasteiger partial charge in [-0.2, -0.15) is 0 Å². The molecule has 1 N–H and O–H groups in total. The molecule has 8 heteroatoms. The van der Waals surface area contributed by atoms with Gasteiger partial charge >= 0.3 is 0 Å². The molecule has 31 heavy (non-hydrogen) atoms. The number of hydrogen-bond donors (Lipinski definition) is 1. The maximum Gasteiger partial charge on any atom is 0.265 e. The van der Waals surface area contributed by atoms with Crippen molar-refractivity contribution in [1.29, 1.82) is 0 Å². The lowest BCUT2D eigenvalue weighted by Crippen LogP contribution is -2.53. The van der Waals surface area contributed by atoms with Gasteiger partial charge in [0, 0.05) is 6.54 Å². The van der Waals surface area contributed by atoms with E-state index in [9.17, 15) is 9.59 Å². The summed E-state index contributed by atoms with van der Waals surface area (Å²) in [6, 6.07) is 11.6. The van der Waals surface area contributed by atoms with Crippen LogP contribution >= 0.6 is 34.8 Å². The summed E-state index contributed by atoms with van der Waals surface area (Å²) >= 11 is 7.23. The first-order valence-electron chi connectivity index (χ1n) is 9.39. The maximum absolute atomic E-state index is 12.7. The van der Waals surface area contributed by atoms with E-state index in [2.05, 4.69) is 40.6 Å². The van der Waals surface area contributed by atoms with Gasteiger partial charge in [-0.1, -0.05) is 35.9 Å². The first kappa shape index (κ1) is 23.0. The summed E-state index contributed by atoms with van der Waals surface area (Å²) in [5.74, 6) is 0.0978. The van der Waals surface area contributed by atoms with E-state index in [1.165, 1.54) is 11.0 Å². The Bertz CT molecular complexity index is 1100. The minimum atomic E-state index is -0.538. The van der Waals surface area contributed by atoms with Crippen molar-refractivity contribution < 1.29 is 19.1 Å². The van der Waals surface area contributed by atoms with Crippen LogP contribution in [0, 0.1) is 10.5 Å². The van der Waals surface area contributed by atoms with E-state index in [-0.39, 0.29) is 17.2 Å². The summed E-state index contributed by atoms with van der Waals surface area (Å²) in [5.41, 5.74) is 2.83. The Morgan fingerprint density at radius 3 is 2.71 bits per heavy atom. The van der Waals surface area contributed by atoms with Crippen molar-refractivity contribution in [2.75, 3.05) is 13.7 Å². The molecule has 0 aliphatic carbocycles. The van der Waals surface area contributed by atoms with Gasteiger partial charge < -0.3 is 9.47 Å². The van der Waals surface area contributed by atoms with Crippen LogP contribution in [0.4, 0.5) is 0 Å². The standard InChI is InChI=1S/C23H21IN2O4S/c1-4-8-26-22(28)17(21(27)25-23(26)31)10-16-11-18(24)20(19(12-16)29-3)30-13-15-7-5-6-14(2)9-15/h4-7,9-12H,1,8,13H2,2-3H3,(H,25,27,31)/b17-10+. The first-order valence-corrected chi connectivity index (χ1v) is 10.9. The molecule has 0 atom stereocenters. The molecule has 0 saturated carbocycles. The number of amides is 2. The van der Waals surface area contributed by atoms with E-state index in [4.69, 9.17) is 21.7 Å². The Morgan fingerprint density at radius 1 is 1.26 bits per heavy atom. The Hall–Kier alpha value is -2.72. The van der Waals surface area contributed by atoms with Crippen LogP contribution in [0.5, 0.6) is 11.5 Å². The first-order chi connectivity index (χ1) is 14.8. The second-order valence-corrected chi connectivity index (χ2v) is 8.38. The molecule has 0 spiro atoms. The molecule has 0 bridgehead atoms. The monoisotopic (exact) mass is 548 g/mol. The largest absolute Gasteiger partial charge is 0.493 e.